The molecule has 9 heteroatoms. The van der Waals surface area contributed by atoms with Crippen molar-refractivity contribution in [2.45, 2.75) is 25.3 Å². The fourth-order valence-corrected chi connectivity index (χ4v) is 3.76. The van der Waals surface area contributed by atoms with Crippen LogP contribution in [0.25, 0.3) is 0 Å². The standard InChI is InChI=1S/C18H27N7O2/c1-23-15(13-24-9-11-27-12-10-24)21-22-17(23)14-4-7-25(8-5-14)18-19-6-3-16(20-18)26-2/h3,6,14H,4-5,7-13H2,1-2H3. The minimum Gasteiger partial charge on any atom is -0.481 e. The van der Waals surface area contributed by atoms with Crippen LogP contribution in [0.1, 0.15) is 30.4 Å². The van der Waals surface area contributed by atoms with Crippen LogP contribution >= 0.6 is 0 Å². The number of hydrogen-bond donors (Lipinski definition) is 0. The van der Waals surface area contributed by atoms with Gasteiger partial charge in [-0.05, 0) is 12.8 Å². The van der Waals surface area contributed by atoms with Crippen molar-refractivity contribution in [2.75, 3.05) is 51.4 Å². The monoisotopic (exact) mass is 373 g/mol. The minimum atomic E-state index is 0.419. The van der Waals surface area contributed by atoms with Crippen molar-refractivity contribution in [3.63, 3.8) is 0 Å². The molecule has 27 heavy (non-hydrogen) atoms. The molecule has 4 heterocycles. The Morgan fingerprint density at radius 1 is 1.15 bits per heavy atom. The highest BCUT2D eigenvalue weighted by atomic mass is 16.5. The highest BCUT2D eigenvalue weighted by Crippen LogP contribution is 2.29. The van der Waals surface area contributed by atoms with E-state index < -0.39 is 0 Å². The van der Waals surface area contributed by atoms with Crippen molar-refractivity contribution < 1.29 is 9.47 Å². The van der Waals surface area contributed by atoms with Gasteiger partial charge in [-0.15, -0.1) is 10.2 Å². The lowest BCUT2D eigenvalue weighted by Crippen LogP contribution is -2.36. The first-order valence-corrected chi connectivity index (χ1v) is 9.55. The van der Waals surface area contributed by atoms with Crippen LogP contribution in [0.4, 0.5) is 5.95 Å². The van der Waals surface area contributed by atoms with E-state index in [1.165, 1.54) is 0 Å². The van der Waals surface area contributed by atoms with Crippen LogP contribution in [0.5, 0.6) is 5.88 Å². The lowest BCUT2D eigenvalue weighted by atomic mass is 9.96. The molecule has 2 aromatic heterocycles. The molecule has 0 atom stereocenters. The van der Waals surface area contributed by atoms with Gasteiger partial charge in [0.2, 0.25) is 11.8 Å². The Labute approximate surface area is 159 Å². The zero-order chi connectivity index (χ0) is 18.6. The number of methoxy groups -OCH3 is 1. The number of aromatic nitrogens is 5. The van der Waals surface area contributed by atoms with E-state index in [2.05, 4.69) is 41.6 Å². The molecule has 0 saturated carbocycles. The van der Waals surface area contributed by atoms with Gasteiger partial charge in [-0.1, -0.05) is 0 Å². The summed E-state index contributed by atoms with van der Waals surface area (Å²) in [6.45, 7) is 6.17. The summed E-state index contributed by atoms with van der Waals surface area (Å²) in [5.41, 5.74) is 0. The number of rotatable bonds is 5. The first-order chi connectivity index (χ1) is 13.2. The van der Waals surface area contributed by atoms with Gasteiger partial charge in [0.15, 0.2) is 0 Å². The molecule has 2 saturated heterocycles. The molecule has 0 N–H and O–H groups in total. The lowest BCUT2D eigenvalue weighted by Gasteiger charge is -2.31. The second-order valence-electron chi connectivity index (χ2n) is 7.08. The molecular weight excluding hydrogens is 346 g/mol. The highest BCUT2D eigenvalue weighted by Gasteiger charge is 2.27. The van der Waals surface area contributed by atoms with E-state index in [9.17, 15) is 0 Å². The summed E-state index contributed by atoms with van der Waals surface area (Å²) in [6.07, 6.45) is 3.78. The SMILES string of the molecule is COc1ccnc(N2CCC(c3nnc(CN4CCOCC4)n3C)CC2)n1. The zero-order valence-electron chi connectivity index (χ0n) is 16.0. The van der Waals surface area contributed by atoms with E-state index in [1.807, 2.05) is 0 Å². The summed E-state index contributed by atoms with van der Waals surface area (Å²) in [6, 6.07) is 1.77. The van der Waals surface area contributed by atoms with Crippen molar-refractivity contribution in [3.05, 3.63) is 23.9 Å². The molecule has 4 rings (SSSR count). The molecule has 0 radical (unpaired) electrons. The summed E-state index contributed by atoms with van der Waals surface area (Å²) in [5, 5.41) is 8.98. The van der Waals surface area contributed by atoms with Gasteiger partial charge in [0.05, 0.1) is 26.9 Å². The maximum Gasteiger partial charge on any atom is 0.228 e. The molecule has 0 aromatic carbocycles. The summed E-state index contributed by atoms with van der Waals surface area (Å²) >= 11 is 0. The highest BCUT2D eigenvalue weighted by molar-refractivity contribution is 5.33. The molecule has 2 aliphatic heterocycles. The Morgan fingerprint density at radius 3 is 2.67 bits per heavy atom. The van der Waals surface area contributed by atoms with Crippen LogP contribution in [-0.4, -0.2) is 76.1 Å². The van der Waals surface area contributed by atoms with Crippen LogP contribution in [0.2, 0.25) is 0 Å². The fraction of sp³-hybridized carbons (Fsp3) is 0.667. The minimum absolute atomic E-state index is 0.419. The maximum atomic E-state index is 5.42. The Balaban J connectivity index is 1.38. The van der Waals surface area contributed by atoms with Gasteiger partial charge in [0.25, 0.3) is 0 Å². The maximum absolute atomic E-state index is 5.42. The summed E-state index contributed by atoms with van der Waals surface area (Å²) in [4.78, 5) is 13.4. The predicted molar refractivity (Wildman–Crippen MR) is 99.9 cm³/mol. The number of hydrogen-bond acceptors (Lipinski definition) is 8. The van der Waals surface area contributed by atoms with E-state index in [1.54, 1.807) is 19.4 Å². The Morgan fingerprint density at radius 2 is 1.93 bits per heavy atom. The Hall–Kier alpha value is -2.26. The van der Waals surface area contributed by atoms with Crippen molar-refractivity contribution in [2.24, 2.45) is 7.05 Å². The largest absolute Gasteiger partial charge is 0.481 e. The van der Waals surface area contributed by atoms with Gasteiger partial charge >= 0.3 is 0 Å². The lowest BCUT2D eigenvalue weighted by molar-refractivity contribution is 0.0326. The van der Waals surface area contributed by atoms with Crippen molar-refractivity contribution >= 4 is 5.95 Å². The average molecular weight is 373 g/mol. The molecule has 0 spiro atoms. The number of morpholine rings is 1. The van der Waals surface area contributed by atoms with Gasteiger partial charge in [0, 0.05) is 51.4 Å². The molecule has 2 aromatic rings. The quantitative estimate of drug-likeness (QED) is 0.762. The first-order valence-electron chi connectivity index (χ1n) is 9.55. The third-order valence-corrected chi connectivity index (χ3v) is 5.44. The topological polar surface area (TPSA) is 81.4 Å². The Bertz CT molecular complexity index is 752. The van der Waals surface area contributed by atoms with Gasteiger partial charge < -0.3 is 18.9 Å². The van der Waals surface area contributed by atoms with E-state index in [-0.39, 0.29) is 0 Å². The van der Waals surface area contributed by atoms with E-state index in [0.29, 0.717) is 11.8 Å². The van der Waals surface area contributed by atoms with Gasteiger partial charge in [0.1, 0.15) is 11.6 Å². The molecule has 0 bridgehead atoms. The normalized spacial score (nSPS) is 19.4. The summed E-state index contributed by atoms with van der Waals surface area (Å²) < 4.78 is 12.8. The summed E-state index contributed by atoms with van der Waals surface area (Å²) in [5.74, 6) is 3.87. The fourth-order valence-electron chi connectivity index (χ4n) is 3.76. The van der Waals surface area contributed by atoms with Crippen molar-refractivity contribution in [1.29, 1.82) is 0 Å². The molecule has 2 fully saturated rings. The van der Waals surface area contributed by atoms with Crippen LogP contribution < -0.4 is 9.64 Å². The molecule has 9 nitrogen and oxygen atoms in total. The number of piperidine rings is 1. The average Bonchev–Trinajstić information content (AvgIpc) is 3.09. The van der Waals surface area contributed by atoms with Crippen LogP contribution in [-0.2, 0) is 18.3 Å². The molecule has 2 aliphatic rings. The molecule has 0 unspecified atom stereocenters. The molecule has 146 valence electrons. The number of ether oxygens (including phenoxy) is 2. The van der Waals surface area contributed by atoms with Gasteiger partial charge in [-0.3, -0.25) is 4.90 Å². The van der Waals surface area contributed by atoms with Crippen molar-refractivity contribution in [3.8, 4) is 5.88 Å². The first kappa shape index (κ1) is 18.1. The molecule has 0 amide bonds. The second-order valence-corrected chi connectivity index (χ2v) is 7.08. The van der Waals surface area contributed by atoms with Gasteiger partial charge in [-0.25, -0.2) is 4.98 Å². The number of anilines is 1. The zero-order valence-corrected chi connectivity index (χ0v) is 16.0. The van der Waals surface area contributed by atoms with Crippen LogP contribution in [0.15, 0.2) is 12.3 Å². The molecule has 0 aliphatic carbocycles. The number of nitrogens with zero attached hydrogens (tertiary/aromatic N) is 7. The molecular formula is C18H27N7O2. The summed E-state index contributed by atoms with van der Waals surface area (Å²) in [7, 11) is 3.71. The predicted octanol–water partition coefficient (Wildman–Crippen LogP) is 0.830. The second kappa shape index (κ2) is 8.18. The van der Waals surface area contributed by atoms with Crippen LogP contribution in [0, 0.1) is 0 Å². The third-order valence-electron chi connectivity index (χ3n) is 5.44. The van der Waals surface area contributed by atoms with E-state index >= 15 is 0 Å². The smallest absolute Gasteiger partial charge is 0.228 e. The van der Waals surface area contributed by atoms with Crippen molar-refractivity contribution in [1.82, 2.24) is 29.6 Å². The van der Waals surface area contributed by atoms with Gasteiger partial charge in [-0.2, -0.15) is 4.98 Å². The third kappa shape index (κ3) is 4.03. The van der Waals surface area contributed by atoms with E-state index in [0.717, 1.165) is 76.4 Å². The van der Waals surface area contributed by atoms with E-state index in [4.69, 9.17) is 9.47 Å². The van der Waals surface area contributed by atoms with Crippen LogP contribution in [0.3, 0.4) is 0 Å². The Kier molecular flexibility index (Phi) is 5.49.